The standard InChI is InChI=1S/C6H5NO2.C2H5NO2.Cr/c8-6(9)5-2-1-3-7-4-5;3-1-2(4)5;/h1-4H,(H,8,9);1,3H2,(H,4,5);. The molecule has 0 aliphatic rings. The quantitative estimate of drug-likeness (QED) is 0.670. The number of rotatable bonds is 2. The second-order valence-corrected chi connectivity index (χ2v) is 2.14. The first-order valence-corrected chi connectivity index (χ1v) is 3.63. The van der Waals surface area contributed by atoms with Crippen LogP contribution in [0, 0.1) is 0 Å². The van der Waals surface area contributed by atoms with Gasteiger partial charge in [-0.3, -0.25) is 9.78 Å². The minimum atomic E-state index is -0.968. The molecule has 0 atom stereocenters. The van der Waals surface area contributed by atoms with Gasteiger partial charge in [-0.1, -0.05) is 0 Å². The van der Waals surface area contributed by atoms with Gasteiger partial charge in [0, 0.05) is 29.8 Å². The average molecular weight is 250 g/mol. The molecule has 82 valence electrons. The summed E-state index contributed by atoms with van der Waals surface area (Å²) in [5.74, 6) is -1.91. The van der Waals surface area contributed by atoms with Crippen molar-refractivity contribution in [3.63, 3.8) is 0 Å². The van der Waals surface area contributed by atoms with Gasteiger partial charge < -0.3 is 15.9 Å². The maximum absolute atomic E-state index is 10.2. The normalized spacial score (nSPS) is 7.80. The number of nitrogens with zero attached hydrogens (tertiary/aromatic N) is 1. The van der Waals surface area contributed by atoms with Crippen LogP contribution >= 0.6 is 0 Å². The summed E-state index contributed by atoms with van der Waals surface area (Å²) >= 11 is 0. The fourth-order valence-electron chi connectivity index (χ4n) is 0.489. The summed E-state index contributed by atoms with van der Waals surface area (Å²) < 4.78 is 0. The molecule has 1 heterocycles. The van der Waals surface area contributed by atoms with Crippen molar-refractivity contribution in [2.24, 2.45) is 5.73 Å². The first-order chi connectivity index (χ1) is 6.57. The van der Waals surface area contributed by atoms with Crippen LogP contribution in [0.2, 0.25) is 0 Å². The summed E-state index contributed by atoms with van der Waals surface area (Å²) in [6.45, 7) is -0.278. The summed E-state index contributed by atoms with van der Waals surface area (Å²) in [6.07, 6.45) is 2.84. The Morgan fingerprint density at radius 1 is 1.40 bits per heavy atom. The molecule has 0 saturated heterocycles. The van der Waals surface area contributed by atoms with Crippen LogP contribution in [0.5, 0.6) is 0 Å². The van der Waals surface area contributed by atoms with Crippen molar-refractivity contribution >= 4 is 11.9 Å². The number of nitrogens with two attached hydrogens (primary N) is 1. The second-order valence-electron chi connectivity index (χ2n) is 2.14. The minimum Gasteiger partial charge on any atom is -0.480 e. The van der Waals surface area contributed by atoms with E-state index in [-0.39, 0.29) is 29.5 Å². The first-order valence-electron chi connectivity index (χ1n) is 3.63. The van der Waals surface area contributed by atoms with Gasteiger partial charge in [-0.25, -0.2) is 4.79 Å². The van der Waals surface area contributed by atoms with E-state index < -0.39 is 11.9 Å². The largest absolute Gasteiger partial charge is 0.480 e. The van der Waals surface area contributed by atoms with Crippen molar-refractivity contribution in [2.45, 2.75) is 0 Å². The first kappa shape index (κ1) is 16.0. The molecule has 0 fully saturated rings. The third-order valence-corrected chi connectivity index (χ3v) is 1.08. The van der Waals surface area contributed by atoms with E-state index in [2.05, 4.69) is 10.7 Å². The number of hydrogen-bond donors (Lipinski definition) is 3. The minimum absolute atomic E-state index is 0. The number of aromatic nitrogens is 1. The zero-order valence-electron chi connectivity index (χ0n) is 7.66. The van der Waals surface area contributed by atoms with Crippen molar-refractivity contribution in [1.82, 2.24) is 4.98 Å². The molecule has 15 heavy (non-hydrogen) atoms. The molecule has 4 N–H and O–H groups in total. The van der Waals surface area contributed by atoms with E-state index in [1.165, 1.54) is 18.5 Å². The van der Waals surface area contributed by atoms with Crippen molar-refractivity contribution in [3.05, 3.63) is 30.1 Å². The topological polar surface area (TPSA) is 114 Å². The molecule has 0 unspecified atom stereocenters. The van der Waals surface area contributed by atoms with Gasteiger partial charge in [0.05, 0.1) is 12.1 Å². The zero-order chi connectivity index (χ0) is 11.0. The van der Waals surface area contributed by atoms with Crippen LogP contribution in [0.1, 0.15) is 10.4 Å². The van der Waals surface area contributed by atoms with E-state index in [0.717, 1.165) is 0 Å². The van der Waals surface area contributed by atoms with Crippen molar-refractivity contribution < 1.29 is 37.2 Å². The van der Waals surface area contributed by atoms with Crippen molar-refractivity contribution in [1.29, 1.82) is 0 Å². The summed E-state index contributed by atoms with van der Waals surface area (Å²) in [5, 5.41) is 15.9. The maximum atomic E-state index is 10.2. The van der Waals surface area contributed by atoms with E-state index in [1.807, 2.05) is 0 Å². The number of pyridine rings is 1. The molecule has 0 saturated carbocycles. The van der Waals surface area contributed by atoms with Gasteiger partial charge in [0.2, 0.25) is 0 Å². The van der Waals surface area contributed by atoms with E-state index in [1.54, 1.807) is 6.07 Å². The molecular formula is C8H10CrN2O4. The van der Waals surface area contributed by atoms with E-state index in [0.29, 0.717) is 0 Å². The Kier molecular flexibility index (Phi) is 9.78. The van der Waals surface area contributed by atoms with Crippen LogP contribution in [0.4, 0.5) is 0 Å². The van der Waals surface area contributed by atoms with E-state index in [4.69, 9.17) is 10.2 Å². The fraction of sp³-hybridized carbons (Fsp3) is 0.125. The second kappa shape index (κ2) is 9.15. The number of hydrogen-bond acceptors (Lipinski definition) is 4. The number of aliphatic carboxylic acids is 1. The van der Waals surface area contributed by atoms with Crippen LogP contribution < -0.4 is 5.73 Å². The molecule has 0 radical (unpaired) electrons. The molecule has 0 amide bonds. The van der Waals surface area contributed by atoms with Crippen LogP contribution in [0.15, 0.2) is 24.5 Å². The van der Waals surface area contributed by atoms with Crippen LogP contribution in [-0.4, -0.2) is 33.7 Å². The van der Waals surface area contributed by atoms with Gasteiger partial charge in [0.15, 0.2) is 0 Å². The summed E-state index contributed by atoms with van der Waals surface area (Å²) in [4.78, 5) is 23.0. The SMILES string of the molecule is NCC(=O)O.O=C(O)c1cccnc1.[Cr]. The Balaban J connectivity index is 0. The van der Waals surface area contributed by atoms with Gasteiger partial charge in [-0.2, -0.15) is 0 Å². The summed E-state index contributed by atoms with van der Waals surface area (Å²) in [7, 11) is 0. The molecule has 0 bridgehead atoms. The van der Waals surface area contributed by atoms with Crippen molar-refractivity contribution in [3.8, 4) is 0 Å². The molecule has 0 spiro atoms. The number of carboxylic acid groups (broad SMARTS) is 2. The van der Waals surface area contributed by atoms with E-state index >= 15 is 0 Å². The number of carbonyl (C=O) groups is 2. The fourth-order valence-corrected chi connectivity index (χ4v) is 0.489. The Morgan fingerprint density at radius 2 is 1.93 bits per heavy atom. The molecule has 0 aromatic carbocycles. The Hall–Kier alpha value is -1.42. The van der Waals surface area contributed by atoms with Gasteiger partial charge in [0.1, 0.15) is 0 Å². The molecule has 1 aromatic heterocycles. The Morgan fingerprint density at radius 3 is 2.13 bits per heavy atom. The van der Waals surface area contributed by atoms with Gasteiger partial charge >= 0.3 is 11.9 Å². The van der Waals surface area contributed by atoms with Crippen molar-refractivity contribution in [2.75, 3.05) is 6.54 Å². The molecule has 1 aromatic rings. The zero-order valence-corrected chi connectivity index (χ0v) is 8.94. The van der Waals surface area contributed by atoms with Crippen LogP contribution in [-0.2, 0) is 22.2 Å². The Bertz CT molecular complexity index is 305. The van der Waals surface area contributed by atoms with E-state index in [9.17, 15) is 9.59 Å². The average Bonchev–Trinajstić information content (AvgIpc) is 2.20. The molecule has 0 aliphatic heterocycles. The Labute approximate surface area is 96.9 Å². The molecule has 7 heteroatoms. The predicted molar refractivity (Wildman–Crippen MR) is 47.9 cm³/mol. The maximum Gasteiger partial charge on any atom is 0.337 e. The molecular weight excluding hydrogens is 240 g/mol. The number of carboxylic acids is 2. The monoisotopic (exact) mass is 250 g/mol. The molecule has 0 aliphatic carbocycles. The van der Waals surface area contributed by atoms with Gasteiger partial charge in [-0.05, 0) is 12.1 Å². The third kappa shape index (κ3) is 8.90. The van der Waals surface area contributed by atoms with Crippen LogP contribution in [0.3, 0.4) is 0 Å². The third-order valence-electron chi connectivity index (χ3n) is 1.08. The van der Waals surface area contributed by atoms with Gasteiger partial charge in [-0.15, -0.1) is 0 Å². The molecule has 1 rings (SSSR count). The smallest absolute Gasteiger partial charge is 0.337 e. The van der Waals surface area contributed by atoms with Gasteiger partial charge in [0.25, 0.3) is 0 Å². The number of aromatic carboxylic acids is 1. The summed E-state index contributed by atoms with van der Waals surface area (Å²) in [6, 6.07) is 3.08. The summed E-state index contributed by atoms with van der Waals surface area (Å²) in [5.41, 5.74) is 4.79. The van der Waals surface area contributed by atoms with Crippen LogP contribution in [0.25, 0.3) is 0 Å². The predicted octanol–water partition coefficient (Wildman–Crippen LogP) is -0.193. The molecule has 6 nitrogen and oxygen atoms in total.